The number of aromatic nitrogens is 3. The first-order chi connectivity index (χ1) is 17.5. The second kappa shape index (κ2) is 8.87. The molecule has 1 atom stereocenters. The molecule has 3 aromatic rings. The van der Waals surface area contributed by atoms with Crippen LogP contribution in [0.3, 0.4) is 0 Å². The minimum Gasteiger partial charge on any atom is -0.378 e. The maximum atomic E-state index is 13.0. The van der Waals surface area contributed by atoms with Gasteiger partial charge in [0, 0.05) is 56.0 Å². The number of benzene rings is 1. The quantitative estimate of drug-likeness (QED) is 0.560. The second-order valence-corrected chi connectivity index (χ2v) is 9.33. The molecule has 3 aliphatic heterocycles. The molecule has 0 aliphatic carbocycles. The van der Waals surface area contributed by atoms with Crippen LogP contribution in [0.1, 0.15) is 28.8 Å². The van der Waals surface area contributed by atoms with E-state index in [9.17, 15) is 14.4 Å². The summed E-state index contributed by atoms with van der Waals surface area (Å²) in [6.45, 7) is 3.39. The van der Waals surface area contributed by atoms with Crippen molar-refractivity contribution in [1.82, 2.24) is 24.8 Å². The molecule has 36 heavy (non-hydrogen) atoms. The molecule has 2 fully saturated rings. The van der Waals surface area contributed by atoms with Gasteiger partial charge in [-0.1, -0.05) is 6.07 Å². The number of rotatable bonds is 4. The maximum Gasteiger partial charge on any atom is 0.255 e. The minimum absolute atomic E-state index is 0.185. The van der Waals surface area contributed by atoms with Gasteiger partial charge in [-0.2, -0.15) is 0 Å². The molecule has 10 heteroatoms. The lowest BCUT2D eigenvalue weighted by Gasteiger charge is -2.29. The van der Waals surface area contributed by atoms with E-state index in [-0.39, 0.29) is 18.2 Å². The van der Waals surface area contributed by atoms with Gasteiger partial charge in [0.25, 0.3) is 5.91 Å². The van der Waals surface area contributed by atoms with Crippen LogP contribution in [0.25, 0.3) is 22.5 Å². The summed E-state index contributed by atoms with van der Waals surface area (Å²) < 4.78 is 7.40. The van der Waals surface area contributed by atoms with Crippen molar-refractivity contribution in [2.24, 2.45) is 7.05 Å². The van der Waals surface area contributed by atoms with Crippen LogP contribution in [-0.4, -0.2) is 69.5 Å². The van der Waals surface area contributed by atoms with Crippen LogP contribution in [-0.2, 0) is 27.9 Å². The van der Waals surface area contributed by atoms with Crippen LogP contribution in [0.2, 0.25) is 0 Å². The monoisotopic (exact) mass is 486 g/mol. The lowest BCUT2D eigenvalue weighted by Crippen LogP contribution is -2.52. The number of aryl methyl sites for hydroxylation is 1. The number of carbonyl (C=O) groups excluding carboxylic acids is 3. The number of nitrogens with zero attached hydrogens (tertiary/aromatic N) is 5. The van der Waals surface area contributed by atoms with E-state index in [1.165, 1.54) is 0 Å². The number of fused-ring (bicyclic) bond motifs is 1. The molecule has 1 N–H and O–H groups in total. The highest BCUT2D eigenvalue weighted by atomic mass is 16.5. The first-order valence-corrected chi connectivity index (χ1v) is 12.1. The smallest absolute Gasteiger partial charge is 0.255 e. The van der Waals surface area contributed by atoms with Gasteiger partial charge in [0.15, 0.2) is 0 Å². The van der Waals surface area contributed by atoms with E-state index in [4.69, 9.17) is 9.72 Å². The fourth-order valence-corrected chi connectivity index (χ4v) is 5.21. The van der Waals surface area contributed by atoms with Gasteiger partial charge in [-0.05, 0) is 36.2 Å². The van der Waals surface area contributed by atoms with E-state index < -0.39 is 11.9 Å². The summed E-state index contributed by atoms with van der Waals surface area (Å²) in [4.78, 5) is 50.0. The molecule has 3 aliphatic rings. The highest BCUT2D eigenvalue weighted by molar-refractivity contribution is 6.05. The predicted octanol–water partition coefficient (Wildman–Crippen LogP) is 1.75. The van der Waals surface area contributed by atoms with Gasteiger partial charge in [-0.15, -0.1) is 0 Å². The molecule has 1 aromatic carbocycles. The molecule has 3 amide bonds. The van der Waals surface area contributed by atoms with Crippen LogP contribution in [0.4, 0.5) is 5.82 Å². The van der Waals surface area contributed by atoms with Crippen molar-refractivity contribution in [3.63, 3.8) is 0 Å². The van der Waals surface area contributed by atoms with Gasteiger partial charge in [0.2, 0.25) is 11.8 Å². The molecule has 0 unspecified atom stereocenters. The van der Waals surface area contributed by atoms with E-state index in [0.29, 0.717) is 31.7 Å². The Hall–Kier alpha value is -4.05. The van der Waals surface area contributed by atoms with Crippen LogP contribution in [0.15, 0.2) is 42.9 Å². The number of hydrogen-bond acceptors (Lipinski definition) is 7. The molecule has 0 saturated carbocycles. The molecule has 2 aromatic heterocycles. The van der Waals surface area contributed by atoms with Gasteiger partial charge in [-0.25, -0.2) is 9.97 Å². The average molecular weight is 487 g/mol. The Kier molecular flexibility index (Phi) is 5.52. The first-order valence-electron chi connectivity index (χ1n) is 12.1. The molecule has 5 heterocycles. The number of pyridine rings is 1. The summed E-state index contributed by atoms with van der Waals surface area (Å²) in [7, 11) is 1.95. The van der Waals surface area contributed by atoms with Crippen molar-refractivity contribution >= 4 is 23.5 Å². The van der Waals surface area contributed by atoms with E-state index in [1.54, 1.807) is 17.3 Å². The number of carbonyl (C=O) groups is 3. The zero-order chi connectivity index (χ0) is 24.8. The average Bonchev–Trinajstić information content (AvgIpc) is 3.44. The SMILES string of the molecule is Cn1cnc(-c2ccc3c(c2)CN([C@H]2CCC(=O)NC2=O)C3=O)c1-c1ccc(N2CCOCC2)nc1. The molecule has 0 spiro atoms. The first kappa shape index (κ1) is 22.4. The molecule has 0 radical (unpaired) electrons. The number of hydrogen-bond donors (Lipinski definition) is 1. The summed E-state index contributed by atoms with van der Waals surface area (Å²) in [5.41, 5.74) is 5.00. The normalized spacial score (nSPS) is 20.0. The Morgan fingerprint density at radius 1 is 1.03 bits per heavy atom. The summed E-state index contributed by atoms with van der Waals surface area (Å²) in [5.74, 6) is 0.0380. The molecular weight excluding hydrogens is 460 g/mol. The number of morpholine rings is 1. The van der Waals surface area contributed by atoms with Crippen molar-refractivity contribution in [1.29, 1.82) is 0 Å². The third-order valence-electron chi connectivity index (χ3n) is 7.09. The number of imidazole rings is 1. The van der Waals surface area contributed by atoms with Crippen LogP contribution < -0.4 is 10.2 Å². The Morgan fingerprint density at radius 3 is 2.58 bits per heavy atom. The summed E-state index contributed by atoms with van der Waals surface area (Å²) in [6.07, 6.45) is 4.22. The van der Waals surface area contributed by atoms with E-state index in [1.807, 2.05) is 36.0 Å². The van der Waals surface area contributed by atoms with E-state index in [2.05, 4.69) is 21.3 Å². The highest BCUT2D eigenvalue weighted by Gasteiger charge is 2.39. The summed E-state index contributed by atoms with van der Waals surface area (Å²) in [6, 6.07) is 9.12. The van der Waals surface area contributed by atoms with Gasteiger partial charge in [0.05, 0.1) is 30.9 Å². The fourth-order valence-electron chi connectivity index (χ4n) is 5.21. The zero-order valence-electron chi connectivity index (χ0n) is 19.9. The summed E-state index contributed by atoms with van der Waals surface area (Å²) >= 11 is 0. The molecule has 184 valence electrons. The predicted molar refractivity (Wildman–Crippen MR) is 131 cm³/mol. The second-order valence-electron chi connectivity index (χ2n) is 9.33. The zero-order valence-corrected chi connectivity index (χ0v) is 19.9. The van der Waals surface area contributed by atoms with Crippen LogP contribution in [0.5, 0.6) is 0 Å². The number of amides is 3. The Balaban J connectivity index is 1.28. The van der Waals surface area contributed by atoms with Crippen molar-refractivity contribution in [2.75, 3.05) is 31.2 Å². The van der Waals surface area contributed by atoms with Crippen molar-refractivity contribution in [3.8, 4) is 22.5 Å². The number of imide groups is 1. The number of anilines is 1. The number of ether oxygens (including phenoxy) is 1. The molecule has 6 rings (SSSR count). The number of piperidine rings is 1. The molecule has 2 saturated heterocycles. The third kappa shape index (κ3) is 3.83. The van der Waals surface area contributed by atoms with E-state index >= 15 is 0 Å². The van der Waals surface area contributed by atoms with Gasteiger partial charge in [-0.3, -0.25) is 19.7 Å². The lowest BCUT2D eigenvalue weighted by atomic mass is 10.0. The van der Waals surface area contributed by atoms with Crippen molar-refractivity contribution < 1.29 is 19.1 Å². The largest absolute Gasteiger partial charge is 0.378 e. The van der Waals surface area contributed by atoms with Gasteiger partial charge in [0.1, 0.15) is 11.9 Å². The standard InChI is InChI=1S/C26H26N6O4/c1-30-15-28-23(24(30)17-3-6-21(27-13-17)31-8-10-36-11-9-31)16-2-4-19-18(12-16)14-32(26(19)35)20-5-7-22(33)29-25(20)34/h2-4,6,12-13,15,20H,5,7-11,14H2,1H3,(H,29,33,34)/t20-/m0/s1. The van der Waals surface area contributed by atoms with Crippen molar-refractivity contribution in [2.45, 2.75) is 25.4 Å². The van der Waals surface area contributed by atoms with Crippen LogP contribution >= 0.6 is 0 Å². The maximum absolute atomic E-state index is 13.0. The van der Waals surface area contributed by atoms with Crippen molar-refractivity contribution in [3.05, 3.63) is 54.0 Å². The summed E-state index contributed by atoms with van der Waals surface area (Å²) in [5, 5.41) is 2.34. The fraction of sp³-hybridized carbons (Fsp3) is 0.346. The minimum atomic E-state index is -0.632. The van der Waals surface area contributed by atoms with Crippen LogP contribution in [0, 0.1) is 0 Å². The van der Waals surface area contributed by atoms with Gasteiger partial charge >= 0.3 is 0 Å². The molecule has 0 bridgehead atoms. The topological polar surface area (TPSA) is 110 Å². The third-order valence-corrected chi connectivity index (χ3v) is 7.09. The molecule has 10 nitrogen and oxygen atoms in total. The molecular formula is C26H26N6O4. The Bertz CT molecular complexity index is 1360. The Morgan fingerprint density at radius 2 is 1.83 bits per heavy atom. The Labute approximate surface area is 207 Å². The van der Waals surface area contributed by atoms with E-state index in [0.717, 1.165) is 47.0 Å². The highest BCUT2D eigenvalue weighted by Crippen LogP contribution is 2.35. The number of nitrogens with one attached hydrogen (secondary N) is 1. The lowest BCUT2D eigenvalue weighted by molar-refractivity contribution is -0.136. The van der Waals surface area contributed by atoms with Gasteiger partial charge < -0.3 is 19.1 Å².